The summed E-state index contributed by atoms with van der Waals surface area (Å²) in [5, 5.41) is 5.26. The number of fused-ring (bicyclic) bond motifs is 1. The van der Waals surface area contributed by atoms with Crippen LogP contribution in [0.15, 0.2) is 24.3 Å². The van der Waals surface area contributed by atoms with E-state index in [-0.39, 0.29) is 18.7 Å². The van der Waals surface area contributed by atoms with Gasteiger partial charge in [-0.15, -0.1) is 0 Å². The fourth-order valence-corrected chi connectivity index (χ4v) is 3.07. The van der Waals surface area contributed by atoms with Crippen LogP contribution in [0.25, 0.3) is 0 Å². The minimum Gasteiger partial charge on any atom is -0.302 e. The molecule has 1 fully saturated rings. The van der Waals surface area contributed by atoms with E-state index in [9.17, 15) is 19.2 Å². The van der Waals surface area contributed by atoms with Crippen molar-refractivity contribution in [3.63, 3.8) is 0 Å². The molecule has 1 aromatic carbocycles. The zero-order chi connectivity index (χ0) is 16.6. The molecule has 2 atom stereocenters. The number of rotatable bonds is 3. The third kappa shape index (κ3) is 2.53. The number of nitrogens with one attached hydrogen (secondary N) is 2. The first-order valence-electron chi connectivity index (χ1n) is 7.58. The number of nitrogens with zero attached hydrogens (tertiary/aromatic N) is 1. The van der Waals surface area contributed by atoms with Gasteiger partial charge in [0.15, 0.2) is 0 Å². The molecule has 2 aliphatic heterocycles. The predicted octanol–water partition coefficient (Wildman–Crippen LogP) is 0.125. The number of hydrogen-bond acceptors (Lipinski definition) is 5. The summed E-state index contributed by atoms with van der Waals surface area (Å²) in [5.74, 6) is -1.93. The van der Waals surface area contributed by atoms with Crippen LogP contribution < -0.4 is 10.6 Å². The lowest BCUT2D eigenvalue weighted by atomic mass is 9.91. The second-order valence-electron chi connectivity index (χ2n) is 5.56. The number of carbonyl (C=O) groups excluding carboxylic acids is 4. The topological polar surface area (TPSA) is 95.6 Å². The first-order valence-corrected chi connectivity index (χ1v) is 7.58. The van der Waals surface area contributed by atoms with E-state index in [1.807, 2.05) is 6.92 Å². The molecule has 23 heavy (non-hydrogen) atoms. The van der Waals surface area contributed by atoms with Crippen molar-refractivity contribution in [2.45, 2.75) is 31.8 Å². The molecule has 2 heterocycles. The lowest BCUT2D eigenvalue weighted by Gasteiger charge is -2.38. The van der Waals surface area contributed by atoms with Gasteiger partial charge in [-0.25, -0.2) is 0 Å². The maximum atomic E-state index is 12.8. The molecular formula is C16H17N3O4. The second-order valence-corrected chi connectivity index (χ2v) is 5.56. The third-order valence-electron chi connectivity index (χ3n) is 4.14. The number of likely N-dealkylation sites (N-methyl/N-ethyl adjacent to an activating group) is 1. The molecule has 0 aliphatic carbocycles. The highest BCUT2D eigenvalue weighted by Gasteiger charge is 2.45. The van der Waals surface area contributed by atoms with Gasteiger partial charge in [0.25, 0.3) is 11.8 Å². The fourth-order valence-electron chi connectivity index (χ4n) is 3.07. The van der Waals surface area contributed by atoms with E-state index in [2.05, 4.69) is 10.6 Å². The predicted molar refractivity (Wildman–Crippen MR) is 80.2 cm³/mol. The van der Waals surface area contributed by atoms with Crippen LogP contribution in [0, 0.1) is 0 Å². The zero-order valence-corrected chi connectivity index (χ0v) is 12.7. The Kier molecular flexibility index (Phi) is 3.96. The summed E-state index contributed by atoms with van der Waals surface area (Å²) in [4.78, 5) is 49.9. The summed E-state index contributed by atoms with van der Waals surface area (Å²) in [6.07, 6.45) is 0.268. The van der Waals surface area contributed by atoms with Crippen LogP contribution in [0.4, 0.5) is 0 Å². The Labute approximate surface area is 133 Å². The van der Waals surface area contributed by atoms with Gasteiger partial charge >= 0.3 is 0 Å². The van der Waals surface area contributed by atoms with Gasteiger partial charge in [0.2, 0.25) is 11.8 Å². The van der Waals surface area contributed by atoms with Crippen LogP contribution in [-0.4, -0.2) is 41.1 Å². The number of carbonyl (C=O) groups is 4. The van der Waals surface area contributed by atoms with Crippen molar-refractivity contribution >= 4 is 23.6 Å². The minimum atomic E-state index is -0.942. The minimum absolute atomic E-state index is 0.112. The van der Waals surface area contributed by atoms with Crippen molar-refractivity contribution in [3.05, 3.63) is 35.4 Å². The molecule has 0 radical (unpaired) electrons. The molecule has 0 bridgehead atoms. The van der Waals surface area contributed by atoms with Crippen LogP contribution in [0.2, 0.25) is 0 Å². The highest BCUT2D eigenvalue weighted by Crippen LogP contribution is 2.30. The molecule has 0 spiro atoms. The summed E-state index contributed by atoms with van der Waals surface area (Å²) in [7, 11) is 0. The number of amides is 4. The average Bonchev–Trinajstić information content (AvgIpc) is 2.53. The molecule has 7 heteroatoms. The van der Waals surface area contributed by atoms with Gasteiger partial charge in [0.05, 0.1) is 0 Å². The Morgan fingerprint density at radius 1 is 1.22 bits per heavy atom. The van der Waals surface area contributed by atoms with Gasteiger partial charge < -0.3 is 5.32 Å². The first-order chi connectivity index (χ1) is 11.0. The molecule has 2 aliphatic rings. The molecule has 120 valence electrons. The molecular weight excluding hydrogens is 298 g/mol. The van der Waals surface area contributed by atoms with Crippen LogP contribution in [0.5, 0.6) is 0 Å². The Bertz CT molecular complexity index is 700. The average molecular weight is 315 g/mol. The smallest absolute Gasteiger partial charge is 0.261 e. The molecule has 2 unspecified atom stereocenters. The van der Waals surface area contributed by atoms with Crippen LogP contribution >= 0.6 is 0 Å². The van der Waals surface area contributed by atoms with Crippen molar-refractivity contribution < 1.29 is 19.2 Å². The van der Waals surface area contributed by atoms with Gasteiger partial charge in [0.1, 0.15) is 12.1 Å². The van der Waals surface area contributed by atoms with Crippen LogP contribution in [0.3, 0.4) is 0 Å². The van der Waals surface area contributed by atoms with Crippen molar-refractivity contribution in [1.29, 1.82) is 0 Å². The Morgan fingerprint density at radius 3 is 2.65 bits per heavy atom. The Balaban J connectivity index is 2.01. The summed E-state index contributed by atoms with van der Waals surface area (Å²) < 4.78 is 0. The molecule has 0 saturated carbocycles. The van der Waals surface area contributed by atoms with Crippen molar-refractivity contribution in [1.82, 2.24) is 15.5 Å². The lowest BCUT2D eigenvalue weighted by Crippen LogP contribution is -2.60. The highest BCUT2D eigenvalue weighted by molar-refractivity contribution is 6.14. The largest absolute Gasteiger partial charge is 0.302 e. The molecule has 2 N–H and O–H groups in total. The normalized spacial score (nSPS) is 24.5. The second kappa shape index (κ2) is 5.92. The molecule has 7 nitrogen and oxygen atoms in total. The monoisotopic (exact) mass is 315 g/mol. The standard InChI is InChI=1S/C16H17N3O4/c1-2-17-13-9-5-3-4-6-10(9)15(22)19(16(13)23)11-7-8-12(20)18-14(11)21/h3-6,11,13,17H,2,7-8H2,1H3,(H,18,20,21). The number of benzene rings is 1. The van der Waals surface area contributed by atoms with Crippen LogP contribution in [-0.2, 0) is 14.4 Å². The summed E-state index contributed by atoms with van der Waals surface area (Å²) in [6.45, 7) is 2.41. The van der Waals surface area contributed by atoms with Crippen molar-refractivity contribution in [2.24, 2.45) is 0 Å². The first kappa shape index (κ1) is 15.4. The maximum Gasteiger partial charge on any atom is 0.261 e. The maximum absolute atomic E-state index is 12.8. The van der Waals surface area contributed by atoms with E-state index in [1.165, 1.54) is 0 Å². The van der Waals surface area contributed by atoms with Gasteiger partial charge in [-0.2, -0.15) is 0 Å². The van der Waals surface area contributed by atoms with E-state index in [4.69, 9.17) is 0 Å². The van der Waals surface area contributed by atoms with E-state index in [1.54, 1.807) is 24.3 Å². The molecule has 4 amide bonds. The van der Waals surface area contributed by atoms with Crippen molar-refractivity contribution in [3.8, 4) is 0 Å². The third-order valence-corrected chi connectivity index (χ3v) is 4.14. The van der Waals surface area contributed by atoms with Gasteiger partial charge in [-0.05, 0) is 24.6 Å². The molecule has 1 saturated heterocycles. The van der Waals surface area contributed by atoms with E-state index in [0.29, 0.717) is 17.7 Å². The fraction of sp³-hybridized carbons (Fsp3) is 0.375. The highest BCUT2D eigenvalue weighted by atomic mass is 16.2. The molecule has 1 aromatic rings. The molecule has 0 aromatic heterocycles. The van der Waals surface area contributed by atoms with E-state index >= 15 is 0 Å². The Morgan fingerprint density at radius 2 is 1.96 bits per heavy atom. The van der Waals surface area contributed by atoms with E-state index < -0.39 is 29.8 Å². The summed E-state index contributed by atoms with van der Waals surface area (Å²) >= 11 is 0. The van der Waals surface area contributed by atoms with Crippen LogP contribution in [0.1, 0.15) is 41.7 Å². The summed E-state index contributed by atoms with van der Waals surface area (Å²) in [5.41, 5.74) is 1.02. The van der Waals surface area contributed by atoms with Gasteiger partial charge in [0, 0.05) is 12.0 Å². The number of imide groups is 2. The Hall–Kier alpha value is -2.54. The lowest BCUT2D eigenvalue weighted by molar-refractivity contribution is -0.144. The summed E-state index contributed by atoms with van der Waals surface area (Å²) in [6, 6.07) is 5.26. The number of hydrogen-bond donors (Lipinski definition) is 2. The number of piperidine rings is 1. The van der Waals surface area contributed by atoms with Crippen molar-refractivity contribution in [2.75, 3.05) is 6.54 Å². The quantitative estimate of drug-likeness (QED) is 0.773. The van der Waals surface area contributed by atoms with Gasteiger partial charge in [-0.1, -0.05) is 25.1 Å². The van der Waals surface area contributed by atoms with E-state index in [0.717, 1.165) is 4.90 Å². The van der Waals surface area contributed by atoms with Gasteiger partial charge in [-0.3, -0.25) is 29.4 Å². The SMILES string of the molecule is CCNC1C(=O)N(C2CCC(=O)NC2=O)C(=O)c2ccccc21. The molecule has 3 rings (SSSR count). The zero-order valence-electron chi connectivity index (χ0n) is 12.7.